The summed E-state index contributed by atoms with van der Waals surface area (Å²) in [5, 5.41) is 11.5. The number of rotatable bonds is 6. The topological polar surface area (TPSA) is 109 Å². The first-order chi connectivity index (χ1) is 19.2. The van der Waals surface area contributed by atoms with Gasteiger partial charge < -0.3 is 0 Å². The minimum atomic E-state index is -2.98. The van der Waals surface area contributed by atoms with E-state index in [1.807, 2.05) is 0 Å². The first kappa shape index (κ1) is 32.6. The van der Waals surface area contributed by atoms with Gasteiger partial charge >= 0.3 is 256 Å². The van der Waals surface area contributed by atoms with Crippen molar-refractivity contribution < 1.29 is 22.9 Å². The average molecular weight is 688 g/mol. The first-order valence-electron chi connectivity index (χ1n) is 14.2. The summed E-state index contributed by atoms with van der Waals surface area (Å²) in [7, 11) is -5.75. The third kappa shape index (κ3) is 5.68. The fourth-order valence-electron chi connectivity index (χ4n) is 5.98. The van der Waals surface area contributed by atoms with Crippen LogP contribution in [-0.2, 0) is 13.0 Å². The Hall–Kier alpha value is -1.35. The van der Waals surface area contributed by atoms with Gasteiger partial charge in [-0.1, -0.05) is 0 Å². The van der Waals surface area contributed by atoms with Crippen LogP contribution in [0.3, 0.4) is 0 Å². The van der Waals surface area contributed by atoms with E-state index in [2.05, 4.69) is 55.4 Å². The summed E-state index contributed by atoms with van der Waals surface area (Å²) in [6, 6.07) is 8.10. The fraction of sp³-hybridized carbons (Fsp3) is 0.607. The van der Waals surface area contributed by atoms with Crippen molar-refractivity contribution in [2.45, 2.75) is 99.5 Å². The number of aromatic nitrogens is 2. The van der Waals surface area contributed by atoms with E-state index in [-0.39, 0.29) is 37.6 Å². The second kappa shape index (κ2) is 12.3. The van der Waals surface area contributed by atoms with Crippen LogP contribution in [0.15, 0.2) is 46.1 Å². The fourth-order valence-corrected chi connectivity index (χ4v) is 21.0. The molecule has 0 amide bonds. The van der Waals surface area contributed by atoms with E-state index in [4.69, 9.17) is 24.6 Å². The maximum absolute atomic E-state index is 13.7. The Labute approximate surface area is 254 Å². The number of carbonyl (C=O) groups excluding carboxylic acids is 1. The molecule has 2 aliphatic rings. The van der Waals surface area contributed by atoms with Gasteiger partial charge in [0, 0.05) is 0 Å². The number of aliphatic hydroxyl groups is 1. The average Bonchev–Trinajstić information content (AvgIpc) is 3.19. The molecule has 2 aromatic rings. The van der Waals surface area contributed by atoms with Crippen LogP contribution in [0.1, 0.15) is 70.7 Å². The van der Waals surface area contributed by atoms with Gasteiger partial charge in [0.25, 0.3) is 0 Å². The molecule has 0 aliphatic carbocycles. The second-order valence-corrected chi connectivity index (χ2v) is 24.2. The predicted molar refractivity (Wildman–Crippen MR) is 165 cm³/mol. The number of carbonyl (C=O) groups is 1. The molecular formula is C28H41ClN2O7SeSi2. The molecule has 2 unspecified atom stereocenters. The van der Waals surface area contributed by atoms with Gasteiger partial charge in [0.05, 0.1) is 0 Å². The molecule has 0 radical (unpaired) electrons. The number of aliphatic hydroxyl groups excluding tert-OH is 1. The van der Waals surface area contributed by atoms with Crippen LogP contribution in [0.25, 0.3) is 0 Å². The van der Waals surface area contributed by atoms with Crippen molar-refractivity contribution in [2.75, 3.05) is 6.61 Å². The number of nitrogens with zero attached hydrogens (tertiary/aromatic N) is 2. The molecule has 4 rings (SSSR count). The standard InChI is InChI=1S/C28H41ClN2O7SeSi2/c1-16(2)40(17(3)4)36-15-22-24(37-41(38-40,18(5)6)19(7)8)23(32)27(39-22)30-14-21(29)26(34)31(28(30)35)25(33)20-12-10-9-11-13-20/h9-14,16-19,22-24,27,32H,15H2,1-8H3/t22-,23?,24?,27-/m1/s1. The minimum absolute atomic E-state index is 0.0792. The first-order valence-corrected chi connectivity index (χ1v) is 20.5. The van der Waals surface area contributed by atoms with Crippen molar-refractivity contribution >= 4 is 49.6 Å². The molecule has 1 N–H and O–H groups in total. The number of halogens is 1. The molecule has 3 heterocycles. The molecule has 0 bridgehead atoms. The molecule has 1 aromatic heterocycles. The van der Waals surface area contributed by atoms with Gasteiger partial charge in [-0.2, -0.15) is 0 Å². The van der Waals surface area contributed by atoms with Gasteiger partial charge in [-0.05, 0) is 0 Å². The third-order valence-electron chi connectivity index (χ3n) is 8.21. The molecule has 41 heavy (non-hydrogen) atoms. The Balaban J connectivity index is 1.81. The normalized spacial score (nSPS) is 25.9. The Morgan fingerprint density at radius 2 is 1.54 bits per heavy atom. The van der Waals surface area contributed by atoms with Crippen LogP contribution in [0.5, 0.6) is 0 Å². The molecular weight excluding hydrogens is 647 g/mol. The van der Waals surface area contributed by atoms with Crippen molar-refractivity contribution in [3.05, 3.63) is 68.0 Å². The monoisotopic (exact) mass is 688 g/mol. The molecule has 4 atom stereocenters. The van der Waals surface area contributed by atoms with Crippen LogP contribution < -0.4 is 11.2 Å². The molecule has 226 valence electrons. The Morgan fingerprint density at radius 1 is 0.976 bits per heavy atom. The van der Waals surface area contributed by atoms with Gasteiger partial charge in [0.2, 0.25) is 0 Å². The number of fused-ring (bicyclic) bond motifs is 1. The van der Waals surface area contributed by atoms with Crippen LogP contribution in [0.2, 0.25) is 32.0 Å². The Morgan fingerprint density at radius 3 is 2.07 bits per heavy atom. The zero-order valence-corrected chi connectivity index (χ0v) is 29.3. The summed E-state index contributed by atoms with van der Waals surface area (Å²) < 4.78 is 22.9. The Bertz CT molecular complexity index is 1370. The molecule has 0 spiro atoms. The second-order valence-electron chi connectivity index (χ2n) is 12.1. The zero-order chi connectivity index (χ0) is 30.4. The third-order valence-corrected chi connectivity index (χ3v) is 21.9. The predicted octanol–water partition coefficient (Wildman–Crippen LogP) is 4.67. The molecule has 13 heteroatoms. The van der Waals surface area contributed by atoms with Crippen LogP contribution in [0.4, 0.5) is 0 Å². The summed E-state index contributed by atoms with van der Waals surface area (Å²) in [5.41, 5.74) is -1.04. The molecule has 2 saturated heterocycles. The number of hydrogen-bond acceptors (Lipinski definition) is 7. The molecule has 9 nitrogen and oxygen atoms in total. The van der Waals surface area contributed by atoms with E-state index >= 15 is 0 Å². The van der Waals surface area contributed by atoms with E-state index in [9.17, 15) is 19.5 Å². The van der Waals surface area contributed by atoms with E-state index in [0.29, 0.717) is 11.2 Å². The van der Waals surface area contributed by atoms with E-state index in [0.717, 1.165) is 0 Å². The summed E-state index contributed by atoms with van der Waals surface area (Å²) in [5.74, 6) is -0.772. The zero-order valence-electron chi connectivity index (χ0n) is 24.9. The van der Waals surface area contributed by atoms with Gasteiger partial charge in [0.15, 0.2) is 0 Å². The molecule has 0 saturated carbocycles. The summed E-state index contributed by atoms with van der Waals surface area (Å²) >= 11 is 5.91. The van der Waals surface area contributed by atoms with Crippen molar-refractivity contribution in [1.29, 1.82) is 0 Å². The summed E-state index contributed by atoms with van der Waals surface area (Å²) in [6.07, 6.45) is -0.474. The van der Waals surface area contributed by atoms with Gasteiger partial charge in [-0.15, -0.1) is 0 Å². The number of benzene rings is 1. The van der Waals surface area contributed by atoms with Gasteiger partial charge in [0.1, 0.15) is 0 Å². The van der Waals surface area contributed by atoms with E-state index < -0.39 is 66.4 Å². The SMILES string of the molecule is CC(C)[Si]1(C(C)C)OC[C@H]2[Se][C@@H](n3cc(Cl)c(=O)n(C(=O)c4ccccc4)c3=O)C(O)C2O[Si](C(C)C)(C(C)C)O1. The molecule has 1 aromatic carbocycles. The van der Waals surface area contributed by atoms with Crippen LogP contribution >= 0.6 is 11.6 Å². The van der Waals surface area contributed by atoms with Crippen LogP contribution in [0, 0.1) is 0 Å². The maximum atomic E-state index is 13.7. The van der Waals surface area contributed by atoms with Gasteiger partial charge in [-0.3, -0.25) is 0 Å². The molecule has 2 aliphatic heterocycles. The number of hydrogen-bond donors (Lipinski definition) is 1. The van der Waals surface area contributed by atoms with Gasteiger partial charge in [-0.25, -0.2) is 0 Å². The molecule has 2 fully saturated rings. The van der Waals surface area contributed by atoms with Crippen molar-refractivity contribution in [1.82, 2.24) is 9.13 Å². The quantitative estimate of drug-likeness (QED) is 0.440. The van der Waals surface area contributed by atoms with Crippen molar-refractivity contribution in [3.8, 4) is 0 Å². The van der Waals surface area contributed by atoms with Crippen molar-refractivity contribution in [3.63, 3.8) is 0 Å². The Kier molecular flexibility index (Phi) is 9.80. The summed E-state index contributed by atoms with van der Waals surface area (Å²) in [4.78, 5) is 39.0. The van der Waals surface area contributed by atoms with Crippen molar-refractivity contribution in [2.24, 2.45) is 0 Å². The van der Waals surface area contributed by atoms with E-state index in [1.54, 1.807) is 18.2 Å². The van der Waals surface area contributed by atoms with Crippen LogP contribution in [-0.4, -0.2) is 71.0 Å². The summed E-state index contributed by atoms with van der Waals surface area (Å²) in [6.45, 7) is 17.4. The van der Waals surface area contributed by atoms with E-state index in [1.165, 1.54) is 22.9 Å².